The predicted molar refractivity (Wildman–Crippen MR) is 62.0 cm³/mol. The van der Waals surface area contributed by atoms with E-state index in [0.717, 1.165) is 19.7 Å². The van der Waals surface area contributed by atoms with Gasteiger partial charge in [0.1, 0.15) is 0 Å². The van der Waals surface area contributed by atoms with Gasteiger partial charge in [-0.3, -0.25) is 4.90 Å². The highest BCUT2D eigenvalue weighted by Gasteiger charge is 2.21. The van der Waals surface area contributed by atoms with Gasteiger partial charge in [0, 0.05) is 6.54 Å². The van der Waals surface area contributed by atoms with Crippen molar-refractivity contribution in [3.63, 3.8) is 0 Å². The molecular formula is C12H25NO2. The molecule has 0 aromatic heterocycles. The third kappa shape index (κ3) is 4.96. The first-order chi connectivity index (χ1) is 7.38. The second-order valence-corrected chi connectivity index (χ2v) is 4.36. The van der Waals surface area contributed by atoms with Crippen LogP contribution in [-0.2, 0) is 4.74 Å². The van der Waals surface area contributed by atoms with Crippen LogP contribution in [0.1, 0.15) is 39.0 Å². The first-order valence-corrected chi connectivity index (χ1v) is 6.31. The molecule has 0 saturated carbocycles. The molecule has 1 heterocycles. The van der Waals surface area contributed by atoms with Gasteiger partial charge in [0.25, 0.3) is 0 Å². The molecule has 0 aliphatic carbocycles. The molecule has 1 atom stereocenters. The van der Waals surface area contributed by atoms with Crippen molar-refractivity contribution in [1.82, 2.24) is 4.90 Å². The van der Waals surface area contributed by atoms with E-state index >= 15 is 0 Å². The molecule has 1 aliphatic heterocycles. The number of ether oxygens (including phenoxy) is 1. The SMILES string of the molecule is CCCCCCCN1CCOCC1CO. The first-order valence-electron chi connectivity index (χ1n) is 6.31. The summed E-state index contributed by atoms with van der Waals surface area (Å²) in [5, 5.41) is 9.18. The molecule has 0 radical (unpaired) electrons. The number of aliphatic hydroxyl groups is 1. The van der Waals surface area contributed by atoms with Crippen LogP contribution in [0, 0.1) is 0 Å². The third-order valence-electron chi connectivity index (χ3n) is 3.11. The molecular weight excluding hydrogens is 190 g/mol. The summed E-state index contributed by atoms with van der Waals surface area (Å²) in [5.74, 6) is 0. The van der Waals surface area contributed by atoms with Gasteiger partial charge in [0.15, 0.2) is 0 Å². The van der Waals surface area contributed by atoms with Crippen molar-refractivity contribution in [1.29, 1.82) is 0 Å². The molecule has 1 N–H and O–H groups in total. The van der Waals surface area contributed by atoms with E-state index in [1.807, 2.05) is 0 Å². The predicted octanol–water partition coefficient (Wildman–Crippen LogP) is 1.65. The lowest BCUT2D eigenvalue weighted by molar-refractivity contribution is -0.0278. The van der Waals surface area contributed by atoms with Crippen molar-refractivity contribution < 1.29 is 9.84 Å². The van der Waals surface area contributed by atoms with E-state index in [0.29, 0.717) is 6.61 Å². The highest BCUT2D eigenvalue weighted by Crippen LogP contribution is 2.09. The molecule has 1 rings (SSSR count). The van der Waals surface area contributed by atoms with Crippen LogP contribution in [0.2, 0.25) is 0 Å². The molecule has 1 aliphatic rings. The van der Waals surface area contributed by atoms with E-state index in [1.54, 1.807) is 0 Å². The van der Waals surface area contributed by atoms with Crippen molar-refractivity contribution in [3.05, 3.63) is 0 Å². The van der Waals surface area contributed by atoms with Crippen LogP contribution in [0.15, 0.2) is 0 Å². The first kappa shape index (κ1) is 12.9. The van der Waals surface area contributed by atoms with Crippen LogP contribution < -0.4 is 0 Å². The van der Waals surface area contributed by atoms with Crippen LogP contribution in [0.25, 0.3) is 0 Å². The Balaban J connectivity index is 2.07. The molecule has 0 aromatic carbocycles. The maximum absolute atomic E-state index is 9.18. The van der Waals surface area contributed by atoms with Gasteiger partial charge in [-0.2, -0.15) is 0 Å². The van der Waals surface area contributed by atoms with Gasteiger partial charge in [-0.25, -0.2) is 0 Å². The van der Waals surface area contributed by atoms with Gasteiger partial charge in [-0.1, -0.05) is 32.6 Å². The fourth-order valence-corrected chi connectivity index (χ4v) is 2.07. The molecule has 90 valence electrons. The lowest BCUT2D eigenvalue weighted by Crippen LogP contribution is -2.47. The highest BCUT2D eigenvalue weighted by atomic mass is 16.5. The molecule has 3 heteroatoms. The van der Waals surface area contributed by atoms with Gasteiger partial charge in [0.2, 0.25) is 0 Å². The van der Waals surface area contributed by atoms with Gasteiger partial charge >= 0.3 is 0 Å². The van der Waals surface area contributed by atoms with Gasteiger partial charge < -0.3 is 9.84 Å². The van der Waals surface area contributed by atoms with Crippen molar-refractivity contribution in [2.75, 3.05) is 32.9 Å². The Morgan fingerprint density at radius 3 is 2.80 bits per heavy atom. The van der Waals surface area contributed by atoms with E-state index in [9.17, 15) is 5.11 Å². The number of rotatable bonds is 7. The number of unbranched alkanes of at least 4 members (excludes halogenated alkanes) is 4. The van der Waals surface area contributed by atoms with Crippen molar-refractivity contribution in [2.24, 2.45) is 0 Å². The summed E-state index contributed by atoms with van der Waals surface area (Å²) in [4.78, 5) is 2.37. The number of hydrogen-bond donors (Lipinski definition) is 1. The minimum atomic E-state index is 0.231. The Morgan fingerprint density at radius 1 is 1.27 bits per heavy atom. The second-order valence-electron chi connectivity index (χ2n) is 4.36. The monoisotopic (exact) mass is 215 g/mol. The summed E-state index contributed by atoms with van der Waals surface area (Å²) in [6, 6.07) is 0.241. The number of aliphatic hydroxyl groups excluding tert-OH is 1. The maximum Gasteiger partial charge on any atom is 0.0644 e. The third-order valence-corrected chi connectivity index (χ3v) is 3.11. The quantitative estimate of drug-likeness (QED) is 0.655. The number of morpholine rings is 1. The summed E-state index contributed by atoms with van der Waals surface area (Å²) in [6.07, 6.45) is 6.59. The zero-order valence-electron chi connectivity index (χ0n) is 9.95. The Labute approximate surface area is 93.4 Å². The van der Waals surface area contributed by atoms with Crippen LogP contribution >= 0.6 is 0 Å². The van der Waals surface area contributed by atoms with Crippen LogP contribution in [0.3, 0.4) is 0 Å². The van der Waals surface area contributed by atoms with E-state index in [1.165, 1.54) is 32.1 Å². The molecule has 15 heavy (non-hydrogen) atoms. The van der Waals surface area contributed by atoms with E-state index < -0.39 is 0 Å². The summed E-state index contributed by atoms with van der Waals surface area (Å²) >= 11 is 0. The molecule has 1 fully saturated rings. The van der Waals surface area contributed by atoms with Gasteiger partial charge in [0.05, 0.1) is 25.9 Å². The molecule has 0 amide bonds. The molecule has 1 saturated heterocycles. The fourth-order valence-electron chi connectivity index (χ4n) is 2.07. The Hall–Kier alpha value is -0.120. The lowest BCUT2D eigenvalue weighted by atomic mass is 10.1. The van der Waals surface area contributed by atoms with Crippen molar-refractivity contribution >= 4 is 0 Å². The second kappa shape index (κ2) is 8.08. The summed E-state index contributed by atoms with van der Waals surface area (Å²) in [5.41, 5.74) is 0. The normalized spacial score (nSPS) is 23.2. The molecule has 1 unspecified atom stereocenters. The molecule has 0 spiro atoms. The van der Waals surface area contributed by atoms with Crippen LogP contribution in [-0.4, -0.2) is 49.0 Å². The highest BCUT2D eigenvalue weighted by molar-refractivity contribution is 4.74. The standard InChI is InChI=1S/C12H25NO2/c1-2-3-4-5-6-7-13-8-9-15-11-12(13)10-14/h12,14H,2-11H2,1H3. The molecule has 0 bridgehead atoms. The zero-order valence-corrected chi connectivity index (χ0v) is 9.95. The summed E-state index contributed by atoms with van der Waals surface area (Å²) < 4.78 is 5.35. The topological polar surface area (TPSA) is 32.7 Å². The van der Waals surface area contributed by atoms with Gasteiger partial charge in [-0.15, -0.1) is 0 Å². The van der Waals surface area contributed by atoms with Crippen LogP contribution in [0.5, 0.6) is 0 Å². The Bertz CT molecular complexity index is 153. The molecule has 0 aromatic rings. The smallest absolute Gasteiger partial charge is 0.0644 e. The molecule has 3 nitrogen and oxygen atoms in total. The van der Waals surface area contributed by atoms with E-state index in [4.69, 9.17) is 4.74 Å². The summed E-state index contributed by atoms with van der Waals surface area (Å²) in [6.45, 7) is 6.10. The number of hydrogen-bond acceptors (Lipinski definition) is 3. The maximum atomic E-state index is 9.18. The van der Waals surface area contributed by atoms with Crippen LogP contribution in [0.4, 0.5) is 0 Å². The average Bonchev–Trinajstić information content (AvgIpc) is 2.29. The summed E-state index contributed by atoms with van der Waals surface area (Å²) in [7, 11) is 0. The Morgan fingerprint density at radius 2 is 2.07 bits per heavy atom. The van der Waals surface area contributed by atoms with Crippen molar-refractivity contribution in [3.8, 4) is 0 Å². The minimum Gasteiger partial charge on any atom is -0.395 e. The van der Waals surface area contributed by atoms with Crippen molar-refractivity contribution in [2.45, 2.75) is 45.1 Å². The lowest BCUT2D eigenvalue weighted by Gasteiger charge is -2.34. The van der Waals surface area contributed by atoms with E-state index in [2.05, 4.69) is 11.8 Å². The minimum absolute atomic E-state index is 0.231. The number of nitrogens with zero attached hydrogens (tertiary/aromatic N) is 1. The van der Waals surface area contributed by atoms with Gasteiger partial charge in [-0.05, 0) is 13.0 Å². The zero-order chi connectivity index (χ0) is 10.9. The van der Waals surface area contributed by atoms with E-state index in [-0.39, 0.29) is 12.6 Å². The largest absolute Gasteiger partial charge is 0.395 e. The Kier molecular flexibility index (Phi) is 6.98. The fraction of sp³-hybridized carbons (Fsp3) is 1.00. The average molecular weight is 215 g/mol.